The number of amides is 2. The summed E-state index contributed by atoms with van der Waals surface area (Å²) in [6, 6.07) is 6.95. The van der Waals surface area contributed by atoms with E-state index in [9.17, 15) is 9.59 Å². The molecule has 5 heteroatoms. The Morgan fingerprint density at radius 1 is 1.07 bits per heavy atom. The number of carbonyl (C=O) groups excluding carboxylic acids is 2. The third kappa shape index (κ3) is 4.01. The van der Waals surface area contributed by atoms with Crippen molar-refractivity contribution in [1.29, 1.82) is 0 Å². The maximum atomic E-state index is 13.3. The average Bonchev–Trinajstić information content (AvgIpc) is 3.33. The van der Waals surface area contributed by atoms with Crippen molar-refractivity contribution in [2.24, 2.45) is 11.8 Å². The molecule has 1 saturated heterocycles. The molecule has 1 aromatic rings. The van der Waals surface area contributed by atoms with E-state index in [1.54, 1.807) is 24.3 Å². The van der Waals surface area contributed by atoms with E-state index in [0.29, 0.717) is 22.4 Å². The number of fused-ring (bicyclic) bond motifs is 1. The van der Waals surface area contributed by atoms with Gasteiger partial charge in [0.15, 0.2) is 0 Å². The van der Waals surface area contributed by atoms with Crippen molar-refractivity contribution < 1.29 is 9.59 Å². The third-order valence-corrected chi connectivity index (χ3v) is 6.97. The number of likely N-dealkylation sites (tertiary alicyclic amines) is 1. The van der Waals surface area contributed by atoms with Gasteiger partial charge in [-0.25, -0.2) is 0 Å². The van der Waals surface area contributed by atoms with Gasteiger partial charge in [-0.05, 0) is 62.1 Å². The Hall–Kier alpha value is -1.55. The van der Waals surface area contributed by atoms with Gasteiger partial charge in [-0.2, -0.15) is 0 Å². The molecule has 27 heavy (non-hydrogen) atoms. The fourth-order valence-corrected chi connectivity index (χ4v) is 5.52. The fraction of sp³-hybridized carbons (Fsp3) is 0.636. The number of hydrogen-bond donors (Lipinski definition) is 1. The van der Waals surface area contributed by atoms with Gasteiger partial charge in [0.25, 0.3) is 5.91 Å². The Morgan fingerprint density at radius 2 is 1.81 bits per heavy atom. The first-order chi connectivity index (χ1) is 13.1. The van der Waals surface area contributed by atoms with Crippen LogP contribution in [0.5, 0.6) is 0 Å². The minimum atomic E-state index is -0.342. The van der Waals surface area contributed by atoms with E-state index < -0.39 is 0 Å². The Kier molecular flexibility index (Phi) is 5.72. The standard InChI is InChI=1S/C22H29ClN2O2/c23-18-10-5-9-17(12-18)22(27)25-19-11-4-3-8-16(19)13-20(25)21(26)24-14-15-6-1-2-7-15/h5,9-10,12,15-16,19-20H,1-4,6-8,11,13-14H2,(H,24,26). The van der Waals surface area contributed by atoms with Gasteiger partial charge < -0.3 is 10.2 Å². The van der Waals surface area contributed by atoms with Gasteiger partial charge in [-0.1, -0.05) is 43.4 Å². The molecule has 2 saturated carbocycles. The van der Waals surface area contributed by atoms with Crippen LogP contribution in [-0.4, -0.2) is 35.3 Å². The maximum absolute atomic E-state index is 13.3. The van der Waals surface area contributed by atoms with E-state index in [1.165, 1.54) is 32.1 Å². The van der Waals surface area contributed by atoms with Crippen LogP contribution >= 0.6 is 11.6 Å². The second-order valence-electron chi connectivity index (χ2n) is 8.48. The van der Waals surface area contributed by atoms with Crippen molar-refractivity contribution >= 4 is 23.4 Å². The summed E-state index contributed by atoms with van der Waals surface area (Å²) >= 11 is 6.10. The van der Waals surface area contributed by atoms with Gasteiger partial charge in [0.1, 0.15) is 6.04 Å². The molecule has 3 fully saturated rings. The summed E-state index contributed by atoms with van der Waals surface area (Å²) in [6.45, 7) is 0.754. The first kappa shape index (κ1) is 18.8. The zero-order chi connectivity index (χ0) is 18.8. The van der Waals surface area contributed by atoms with Crippen molar-refractivity contribution in [3.05, 3.63) is 34.9 Å². The highest BCUT2D eigenvalue weighted by molar-refractivity contribution is 6.31. The van der Waals surface area contributed by atoms with Gasteiger partial charge in [-0.15, -0.1) is 0 Å². The Balaban J connectivity index is 1.52. The number of rotatable bonds is 4. The van der Waals surface area contributed by atoms with Gasteiger partial charge in [0, 0.05) is 23.2 Å². The molecule has 146 valence electrons. The van der Waals surface area contributed by atoms with E-state index in [0.717, 1.165) is 32.2 Å². The largest absolute Gasteiger partial charge is 0.354 e. The monoisotopic (exact) mass is 388 g/mol. The molecular formula is C22H29ClN2O2. The highest BCUT2D eigenvalue weighted by Crippen LogP contribution is 2.40. The number of hydrogen-bond acceptors (Lipinski definition) is 2. The Labute approximate surface area is 166 Å². The minimum absolute atomic E-state index is 0.0340. The van der Waals surface area contributed by atoms with Crippen LogP contribution in [0.3, 0.4) is 0 Å². The molecule has 0 spiro atoms. The third-order valence-electron chi connectivity index (χ3n) is 6.74. The predicted molar refractivity (Wildman–Crippen MR) is 107 cm³/mol. The molecular weight excluding hydrogens is 360 g/mol. The summed E-state index contributed by atoms with van der Waals surface area (Å²) in [4.78, 5) is 28.2. The van der Waals surface area contributed by atoms with Crippen LogP contribution in [0.2, 0.25) is 5.02 Å². The van der Waals surface area contributed by atoms with Crippen molar-refractivity contribution in [3.63, 3.8) is 0 Å². The first-order valence-corrected chi connectivity index (χ1v) is 10.9. The average molecular weight is 389 g/mol. The molecule has 0 aromatic heterocycles. The van der Waals surface area contributed by atoms with Gasteiger partial charge in [-0.3, -0.25) is 9.59 Å². The Bertz CT molecular complexity index is 701. The quantitative estimate of drug-likeness (QED) is 0.829. The highest BCUT2D eigenvalue weighted by Gasteiger charge is 2.47. The van der Waals surface area contributed by atoms with Crippen LogP contribution in [0.1, 0.15) is 68.1 Å². The summed E-state index contributed by atoms with van der Waals surface area (Å²) < 4.78 is 0. The minimum Gasteiger partial charge on any atom is -0.354 e. The molecule has 2 amide bonds. The highest BCUT2D eigenvalue weighted by atomic mass is 35.5. The number of halogens is 1. The second-order valence-corrected chi connectivity index (χ2v) is 8.92. The fourth-order valence-electron chi connectivity index (χ4n) is 5.33. The number of nitrogens with zero attached hydrogens (tertiary/aromatic N) is 1. The summed E-state index contributed by atoms with van der Waals surface area (Å²) in [5.41, 5.74) is 0.585. The molecule has 0 radical (unpaired) electrons. The lowest BCUT2D eigenvalue weighted by molar-refractivity contribution is -0.125. The first-order valence-electron chi connectivity index (χ1n) is 10.5. The van der Waals surface area contributed by atoms with Crippen molar-refractivity contribution in [1.82, 2.24) is 10.2 Å². The summed E-state index contributed by atoms with van der Waals surface area (Å²) in [7, 11) is 0. The molecule has 4 rings (SSSR count). The summed E-state index contributed by atoms with van der Waals surface area (Å²) in [5.74, 6) is 1.04. The van der Waals surface area contributed by atoms with Crippen LogP contribution in [0.25, 0.3) is 0 Å². The molecule has 2 aliphatic carbocycles. The molecule has 1 N–H and O–H groups in total. The second kappa shape index (κ2) is 8.22. The van der Waals surface area contributed by atoms with Gasteiger partial charge >= 0.3 is 0 Å². The molecule has 3 atom stereocenters. The van der Waals surface area contributed by atoms with E-state index in [1.807, 2.05) is 4.90 Å². The summed E-state index contributed by atoms with van der Waals surface area (Å²) in [6.07, 6.45) is 10.2. The molecule has 4 nitrogen and oxygen atoms in total. The lowest BCUT2D eigenvalue weighted by Gasteiger charge is -2.33. The van der Waals surface area contributed by atoms with Crippen LogP contribution < -0.4 is 5.32 Å². The molecule has 1 heterocycles. The SMILES string of the molecule is O=C(NCC1CCCC1)C1CC2CCCCC2N1C(=O)c1cccc(Cl)c1. The maximum Gasteiger partial charge on any atom is 0.254 e. The zero-order valence-electron chi connectivity index (χ0n) is 15.8. The predicted octanol–water partition coefficient (Wildman–Crippen LogP) is 4.42. The van der Waals surface area contributed by atoms with E-state index in [-0.39, 0.29) is 23.9 Å². The lowest BCUT2D eigenvalue weighted by atomic mass is 9.84. The number of nitrogens with one attached hydrogen (secondary N) is 1. The normalized spacial score (nSPS) is 28.2. The topological polar surface area (TPSA) is 49.4 Å². The van der Waals surface area contributed by atoms with Crippen LogP contribution in [0.4, 0.5) is 0 Å². The lowest BCUT2D eigenvalue weighted by Crippen LogP contribution is -2.50. The molecule has 0 bridgehead atoms. The van der Waals surface area contributed by atoms with E-state index in [2.05, 4.69) is 5.32 Å². The van der Waals surface area contributed by atoms with Crippen molar-refractivity contribution in [2.75, 3.05) is 6.54 Å². The molecule has 1 aliphatic heterocycles. The molecule has 3 aliphatic rings. The van der Waals surface area contributed by atoms with Crippen LogP contribution in [0, 0.1) is 11.8 Å². The Morgan fingerprint density at radius 3 is 2.59 bits per heavy atom. The number of carbonyl (C=O) groups is 2. The van der Waals surface area contributed by atoms with E-state index in [4.69, 9.17) is 11.6 Å². The number of benzene rings is 1. The van der Waals surface area contributed by atoms with Crippen LogP contribution in [-0.2, 0) is 4.79 Å². The molecule has 1 aromatic carbocycles. The smallest absolute Gasteiger partial charge is 0.254 e. The van der Waals surface area contributed by atoms with E-state index >= 15 is 0 Å². The van der Waals surface area contributed by atoms with Crippen molar-refractivity contribution in [3.8, 4) is 0 Å². The zero-order valence-corrected chi connectivity index (χ0v) is 16.6. The molecule has 3 unspecified atom stereocenters. The van der Waals surface area contributed by atoms with Gasteiger partial charge in [0.05, 0.1) is 0 Å². The van der Waals surface area contributed by atoms with Gasteiger partial charge in [0.2, 0.25) is 5.91 Å². The van der Waals surface area contributed by atoms with Crippen LogP contribution in [0.15, 0.2) is 24.3 Å². The summed E-state index contributed by atoms with van der Waals surface area (Å²) in [5, 5.41) is 3.72. The van der Waals surface area contributed by atoms with Crippen molar-refractivity contribution in [2.45, 2.75) is 69.9 Å².